The van der Waals surface area contributed by atoms with Crippen molar-refractivity contribution in [1.82, 2.24) is 4.57 Å². The van der Waals surface area contributed by atoms with Gasteiger partial charge in [-0.1, -0.05) is 18.2 Å². The Bertz CT molecular complexity index is 661. The maximum Gasteiger partial charge on any atom is 0.320 e. The van der Waals surface area contributed by atoms with E-state index < -0.39 is 12.0 Å². The average molecular weight is 246 g/mol. The third kappa shape index (κ3) is 2.12. The molecule has 1 heterocycles. The van der Waals surface area contributed by atoms with Gasteiger partial charge in [-0.05, 0) is 18.1 Å². The summed E-state index contributed by atoms with van der Waals surface area (Å²) in [6.45, 7) is 0. The molecule has 0 radical (unpaired) electrons. The van der Waals surface area contributed by atoms with E-state index in [1.54, 1.807) is 7.05 Å². The van der Waals surface area contributed by atoms with E-state index in [2.05, 4.69) is 0 Å². The molecule has 5 nitrogen and oxygen atoms in total. The molecule has 5 heteroatoms. The van der Waals surface area contributed by atoms with Crippen molar-refractivity contribution in [1.29, 1.82) is 0 Å². The number of rotatable bonds is 3. The van der Waals surface area contributed by atoms with Crippen molar-refractivity contribution >= 4 is 16.9 Å². The molecule has 2 rings (SSSR count). The number of carboxylic acid groups (broad SMARTS) is 1. The number of carbonyl (C=O) groups is 1. The number of benzene rings is 1. The van der Waals surface area contributed by atoms with Gasteiger partial charge in [0.15, 0.2) is 0 Å². The van der Waals surface area contributed by atoms with Gasteiger partial charge >= 0.3 is 5.97 Å². The number of pyridine rings is 1. The maximum absolute atomic E-state index is 11.8. The highest BCUT2D eigenvalue weighted by Gasteiger charge is 2.15. The Kier molecular flexibility index (Phi) is 3.16. The van der Waals surface area contributed by atoms with E-state index in [1.807, 2.05) is 24.3 Å². The molecule has 18 heavy (non-hydrogen) atoms. The molecule has 1 aromatic carbocycles. The van der Waals surface area contributed by atoms with Crippen molar-refractivity contribution in [3.8, 4) is 0 Å². The van der Waals surface area contributed by atoms with Crippen molar-refractivity contribution in [2.24, 2.45) is 12.8 Å². The molecule has 3 N–H and O–H groups in total. The van der Waals surface area contributed by atoms with E-state index in [1.165, 1.54) is 10.6 Å². The van der Waals surface area contributed by atoms with Gasteiger partial charge in [0.1, 0.15) is 6.04 Å². The van der Waals surface area contributed by atoms with E-state index in [4.69, 9.17) is 10.8 Å². The van der Waals surface area contributed by atoms with Crippen LogP contribution in [-0.4, -0.2) is 21.7 Å². The van der Waals surface area contributed by atoms with Crippen LogP contribution in [0.15, 0.2) is 35.1 Å². The predicted octanol–water partition coefficient (Wildman–Crippen LogP) is 0.493. The van der Waals surface area contributed by atoms with Gasteiger partial charge in [-0.25, -0.2) is 0 Å². The van der Waals surface area contributed by atoms with Crippen LogP contribution in [-0.2, 0) is 18.3 Å². The lowest BCUT2D eigenvalue weighted by atomic mass is 10.0. The molecule has 94 valence electrons. The summed E-state index contributed by atoms with van der Waals surface area (Å²) >= 11 is 0. The molecular weight excluding hydrogens is 232 g/mol. The van der Waals surface area contributed by atoms with Crippen LogP contribution in [0.1, 0.15) is 5.56 Å². The monoisotopic (exact) mass is 246 g/mol. The largest absolute Gasteiger partial charge is 0.480 e. The van der Waals surface area contributed by atoms with Crippen molar-refractivity contribution in [2.75, 3.05) is 0 Å². The minimum absolute atomic E-state index is 0.145. The second-order valence-electron chi connectivity index (χ2n) is 4.23. The normalized spacial score (nSPS) is 12.6. The minimum Gasteiger partial charge on any atom is -0.480 e. The second-order valence-corrected chi connectivity index (χ2v) is 4.23. The van der Waals surface area contributed by atoms with Gasteiger partial charge in [0.25, 0.3) is 5.56 Å². The fourth-order valence-corrected chi connectivity index (χ4v) is 1.97. The van der Waals surface area contributed by atoms with Gasteiger partial charge in [-0.2, -0.15) is 0 Å². The molecule has 1 unspecified atom stereocenters. The molecule has 1 aromatic heterocycles. The molecule has 0 aliphatic carbocycles. The van der Waals surface area contributed by atoms with Gasteiger partial charge in [-0.3, -0.25) is 9.59 Å². The third-order valence-corrected chi connectivity index (χ3v) is 3.00. The van der Waals surface area contributed by atoms with Crippen LogP contribution in [0.4, 0.5) is 0 Å². The summed E-state index contributed by atoms with van der Waals surface area (Å²) in [5, 5.41) is 9.69. The lowest BCUT2D eigenvalue weighted by Gasteiger charge is -2.11. The third-order valence-electron chi connectivity index (χ3n) is 3.00. The first kappa shape index (κ1) is 12.3. The highest BCUT2D eigenvalue weighted by atomic mass is 16.4. The molecule has 2 aromatic rings. The Balaban J connectivity index is 2.61. The number of fused-ring (bicyclic) bond motifs is 1. The zero-order chi connectivity index (χ0) is 13.3. The standard InChI is InChI=1S/C13H14N2O3/c1-15-11-5-3-2-4-9(11)8(7-12(15)16)6-10(14)13(17)18/h2-5,7,10H,6,14H2,1H3,(H,17,18). The first-order valence-electron chi connectivity index (χ1n) is 5.56. The summed E-state index contributed by atoms with van der Waals surface area (Å²) in [6, 6.07) is 7.82. The Morgan fingerprint density at radius 3 is 2.78 bits per heavy atom. The summed E-state index contributed by atoms with van der Waals surface area (Å²) in [5.41, 5.74) is 6.80. The van der Waals surface area contributed by atoms with Crippen LogP contribution in [0.2, 0.25) is 0 Å². The summed E-state index contributed by atoms with van der Waals surface area (Å²) in [7, 11) is 1.69. The molecule has 0 spiro atoms. The number of nitrogens with two attached hydrogens (primary N) is 1. The number of aromatic nitrogens is 1. The number of hydrogen-bond acceptors (Lipinski definition) is 3. The minimum atomic E-state index is -1.07. The number of hydrogen-bond donors (Lipinski definition) is 2. The Labute approximate surface area is 103 Å². The van der Waals surface area contributed by atoms with E-state index in [-0.39, 0.29) is 12.0 Å². The zero-order valence-electron chi connectivity index (χ0n) is 9.96. The molecule has 0 bridgehead atoms. The van der Waals surface area contributed by atoms with Crippen LogP contribution < -0.4 is 11.3 Å². The molecule has 1 atom stereocenters. The van der Waals surface area contributed by atoms with Crippen LogP contribution in [0.25, 0.3) is 10.9 Å². The Morgan fingerprint density at radius 1 is 1.44 bits per heavy atom. The Morgan fingerprint density at radius 2 is 2.11 bits per heavy atom. The summed E-state index contributed by atoms with van der Waals surface area (Å²) < 4.78 is 1.53. The quantitative estimate of drug-likeness (QED) is 0.825. The van der Waals surface area contributed by atoms with Crippen LogP contribution in [0, 0.1) is 0 Å². The number of carboxylic acids is 1. The van der Waals surface area contributed by atoms with Gasteiger partial charge in [0.05, 0.1) is 5.52 Å². The van der Waals surface area contributed by atoms with E-state index in [9.17, 15) is 9.59 Å². The van der Waals surface area contributed by atoms with Crippen molar-refractivity contribution in [3.63, 3.8) is 0 Å². The highest BCUT2D eigenvalue weighted by Crippen LogP contribution is 2.17. The number of aliphatic carboxylic acids is 1. The van der Waals surface area contributed by atoms with Gasteiger partial charge < -0.3 is 15.4 Å². The van der Waals surface area contributed by atoms with E-state index >= 15 is 0 Å². The molecule has 0 aliphatic heterocycles. The second kappa shape index (κ2) is 4.62. The predicted molar refractivity (Wildman–Crippen MR) is 68.5 cm³/mol. The molecule has 0 saturated carbocycles. The number of para-hydroxylation sites is 1. The molecule has 0 aliphatic rings. The highest BCUT2D eigenvalue weighted by molar-refractivity contribution is 5.83. The first-order chi connectivity index (χ1) is 8.50. The van der Waals surface area contributed by atoms with Crippen molar-refractivity contribution in [2.45, 2.75) is 12.5 Å². The topological polar surface area (TPSA) is 85.3 Å². The van der Waals surface area contributed by atoms with Crippen LogP contribution in [0.5, 0.6) is 0 Å². The molecule has 0 saturated heterocycles. The lowest BCUT2D eigenvalue weighted by molar-refractivity contribution is -0.138. The maximum atomic E-state index is 11.8. The van der Waals surface area contributed by atoms with Gasteiger partial charge in [-0.15, -0.1) is 0 Å². The van der Waals surface area contributed by atoms with Crippen LogP contribution in [0.3, 0.4) is 0 Å². The first-order valence-corrected chi connectivity index (χ1v) is 5.56. The summed E-state index contributed by atoms with van der Waals surface area (Å²) in [5.74, 6) is -1.07. The van der Waals surface area contributed by atoms with E-state index in [0.717, 1.165) is 10.9 Å². The Hall–Kier alpha value is -2.14. The molecule has 0 fully saturated rings. The summed E-state index contributed by atoms with van der Waals surface area (Å²) in [4.78, 5) is 22.6. The summed E-state index contributed by atoms with van der Waals surface area (Å²) in [6.07, 6.45) is 0.145. The average Bonchev–Trinajstić information content (AvgIpc) is 2.35. The molecular formula is C13H14N2O3. The van der Waals surface area contributed by atoms with E-state index in [0.29, 0.717) is 5.56 Å². The fourth-order valence-electron chi connectivity index (χ4n) is 1.97. The lowest BCUT2D eigenvalue weighted by Crippen LogP contribution is -2.33. The van der Waals surface area contributed by atoms with Gasteiger partial charge in [0.2, 0.25) is 0 Å². The number of aryl methyl sites for hydroxylation is 1. The smallest absolute Gasteiger partial charge is 0.320 e. The van der Waals surface area contributed by atoms with Gasteiger partial charge in [0, 0.05) is 18.5 Å². The fraction of sp³-hybridized carbons (Fsp3) is 0.231. The molecule has 0 amide bonds. The van der Waals surface area contributed by atoms with Crippen molar-refractivity contribution in [3.05, 3.63) is 46.2 Å². The number of nitrogens with zero attached hydrogens (tertiary/aromatic N) is 1. The van der Waals surface area contributed by atoms with Crippen molar-refractivity contribution < 1.29 is 9.90 Å². The van der Waals surface area contributed by atoms with Crippen LogP contribution >= 0.6 is 0 Å². The SMILES string of the molecule is Cn1c(=O)cc(CC(N)C(=O)O)c2ccccc21. The zero-order valence-corrected chi connectivity index (χ0v) is 9.96.